The van der Waals surface area contributed by atoms with Crippen molar-refractivity contribution in [1.29, 1.82) is 0 Å². The Morgan fingerprint density at radius 1 is 1.33 bits per heavy atom. The topological polar surface area (TPSA) is 52.6 Å². The molecule has 2 N–H and O–H groups in total. The van der Waals surface area contributed by atoms with E-state index in [2.05, 4.69) is 51.9 Å². The zero-order valence-electron chi connectivity index (χ0n) is 16.1. The van der Waals surface area contributed by atoms with Crippen molar-refractivity contribution in [1.82, 2.24) is 20.5 Å². The predicted molar refractivity (Wildman–Crippen MR) is 125 cm³/mol. The third kappa shape index (κ3) is 6.73. The highest BCUT2D eigenvalue weighted by atomic mass is 127. The zero-order valence-corrected chi connectivity index (χ0v) is 19.3. The maximum atomic E-state index is 4.80. The molecule has 0 saturated carbocycles. The maximum Gasteiger partial charge on any atom is 0.191 e. The molecule has 1 atom stereocenters. The highest BCUT2D eigenvalue weighted by molar-refractivity contribution is 14.0. The number of nitrogens with zero attached hydrogens (tertiary/aromatic N) is 3. The summed E-state index contributed by atoms with van der Waals surface area (Å²) in [5.41, 5.74) is 2.60. The number of aliphatic imine (C=N–C) groups is 1. The first-order valence-corrected chi connectivity index (χ1v) is 10.4. The van der Waals surface area contributed by atoms with E-state index in [0.29, 0.717) is 6.04 Å². The second-order valence-corrected chi connectivity index (χ2v) is 7.66. The van der Waals surface area contributed by atoms with E-state index in [-0.39, 0.29) is 24.0 Å². The summed E-state index contributed by atoms with van der Waals surface area (Å²) in [7, 11) is 0. The van der Waals surface area contributed by atoms with Gasteiger partial charge in [-0.25, -0.2) is 0 Å². The van der Waals surface area contributed by atoms with Crippen molar-refractivity contribution in [3.63, 3.8) is 0 Å². The number of aromatic nitrogens is 1. The fourth-order valence-corrected chi connectivity index (χ4v) is 4.07. The summed E-state index contributed by atoms with van der Waals surface area (Å²) in [5.74, 6) is 0.892. The third-order valence-electron chi connectivity index (χ3n) is 4.72. The molecular formula is C20H30IN5S. The van der Waals surface area contributed by atoms with Crippen molar-refractivity contribution in [2.75, 3.05) is 26.2 Å². The zero-order chi connectivity index (χ0) is 18.2. The van der Waals surface area contributed by atoms with Gasteiger partial charge in [-0.1, -0.05) is 6.07 Å². The minimum absolute atomic E-state index is 0. The van der Waals surface area contributed by atoms with Crippen LogP contribution in [0.15, 0.2) is 40.8 Å². The minimum atomic E-state index is 0. The summed E-state index contributed by atoms with van der Waals surface area (Å²) in [4.78, 5) is 13.3. The van der Waals surface area contributed by atoms with Gasteiger partial charge in [-0.05, 0) is 49.4 Å². The molecule has 148 valence electrons. The van der Waals surface area contributed by atoms with Crippen molar-refractivity contribution in [2.45, 2.75) is 39.3 Å². The lowest BCUT2D eigenvalue weighted by Gasteiger charge is -2.31. The lowest BCUT2D eigenvalue weighted by molar-refractivity contribution is 0.197. The molecule has 0 amide bonds. The maximum absolute atomic E-state index is 4.80. The van der Waals surface area contributed by atoms with Gasteiger partial charge in [-0.15, -0.1) is 35.3 Å². The molecule has 0 aliphatic carbocycles. The molecular weight excluding hydrogens is 469 g/mol. The summed E-state index contributed by atoms with van der Waals surface area (Å²) in [5, 5.41) is 8.98. The van der Waals surface area contributed by atoms with Crippen LogP contribution >= 0.6 is 35.3 Å². The number of hydrogen-bond donors (Lipinski definition) is 2. The molecule has 0 fully saturated rings. The fraction of sp³-hybridized carbons (Fsp3) is 0.500. The highest BCUT2D eigenvalue weighted by Gasteiger charge is 2.21. The number of nitrogens with one attached hydrogen (secondary N) is 2. The van der Waals surface area contributed by atoms with Gasteiger partial charge in [-0.3, -0.25) is 14.9 Å². The van der Waals surface area contributed by atoms with Crippen LogP contribution in [0.1, 0.15) is 30.0 Å². The Hall–Kier alpha value is -1.19. The van der Waals surface area contributed by atoms with E-state index in [1.165, 1.54) is 12.0 Å². The number of fused-ring (bicyclic) bond motifs is 1. The SMILES string of the molecule is CCNC(=NCC(C)N1CCc2sccc2C1)NCCc1ccccn1.I. The van der Waals surface area contributed by atoms with E-state index in [9.17, 15) is 0 Å². The molecule has 1 aliphatic rings. The van der Waals surface area contributed by atoms with Gasteiger partial charge in [0.15, 0.2) is 5.96 Å². The predicted octanol–water partition coefficient (Wildman–Crippen LogP) is 3.31. The van der Waals surface area contributed by atoms with Crippen LogP contribution in [0.5, 0.6) is 0 Å². The van der Waals surface area contributed by atoms with E-state index in [1.54, 1.807) is 4.88 Å². The first-order chi connectivity index (χ1) is 12.8. The molecule has 3 heterocycles. The van der Waals surface area contributed by atoms with E-state index in [1.807, 2.05) is 29.7 Å². The molecule has 0 spiro atoms. The van der Waals surface area contributed by atoms with Crippen molar-refractivity contribution in [2.24, 2.45) is 4.99 Å². The van der Waals surface area contributed by atoms with Crippen molar-refractivity contribution >= 4 is 41.3 Å². The summed E-state index contributed by atoms with van der Waals surface area (Å²) in [6, 6.07) is 8.74. The molecule has 1 unspecified atom stereocenters. The van der Waals surface area contributed by atoms with Gasteiger partial charge in [0.25, 0.3) is 0 Å². The lowest BCUT2D eigenvalue weighted by Crippen LogP contribution is -2.42. The highest BCUT2D eigenvalue weighted by Crippen LogP contribution is 2.25. The molecule has 5 nitrogen and oxygen atoms in total. The first kappa shape index (κ1) is 22.1. The Bertz CT molecular complexity index is 703. The molecule has 3 rings (SSSR count). The number of pyridine rings is 1. The number of halogens is 1. The van der Waals surface area contributed by atoms with Gasteiger partial charge in [0.05, 0.1) is 6.54 Å². The second kappa shape index (κ2) is 11.6. The Labute approximate surface area is 183 Å². The van der Waals surface area contributed by atoms with Crippen LogP contribution in [-0.2, 0) is 19.4 Å². The van der Waals surface area contributed by atoms with Gasteiger partial charge in [0.1, 0.15) is 0 Å². The molecule has 1 aliphatic heterocycles. The van der Waals surface area contributed by atoms with Crippen LogP contribution in [0.25, 0.3) is 0 Å². The first-order valence-electron chi connectivity index (χ1n) is 9.47. The van der Waals surface area contributed by atoms with Crippen LogP contribution in [0.4, 0.5) is 0 Å². The number of thiophene rings is 1. The van der Waals surface area contributed by atoms with E-state index in [0.717, 1.165) is 50.8 Å². The lowest BCUT2D eigenvalue weighted by atomic mass is 10.1. The quantitative estimate of drug-likeness (QED) is 0.349. The van der Waals surface area contributed by atoms with Gasteiger partial charge in [0, 0.05) is 55.4 Å². The molecule has 27 heavy (non-hydrogen) atoms. The van der Waals surface area contributed by atoms with Crippen LogP contribution < -0.4 is 10.6 Å². The Balaban J connectivity index is 0.00000261. The molecule has 0 bridgehead atoms. The second-order valence-electron chi connectivity index (χ2n) is 6.66. The van der Waals surface area contributed by atoms with Crippen LogP contribution in [-0.4, -0.2) is 48.1 Å². The van der Waals surface area contributed by atoms with E-state index >= 15 is 0 Å². The van der Waals surface area contributed by atoms with Crippen LogP contribution in [0.3, 0.4) is 0 Å². The Morgan fingerprint density at radius 3 is 3.00 bits per heavy atom. The summed E-state index contributed by atoms with van der Waals surface area (Å²) in [6.45, 7) is 9.07. The summed E-state index contributed by atoms with van der Waals surface area (Å²) < 4.78 is 0. The van der Waals surface area contributed by atoms with Gasteiger partial charge in [-0.2, -0.15) is 0 Å². The van der Waals surface area contributed by atoms with Gasteiger partial charge >= 0.3 is 0 Å². The molecule has 0 radical (unpaired) electrons. The summed E-state index contributed by atoms with van der Waals surface area (Å²) in [6.07, 6.45) is 3.91. The normalized spacial score (nSPS) is 15.6. The van der Waals surface area contributed by atoms with Crippen molar-refractivity contribution < 1.29 is 0 Å². The van der Waals surface area contributed by atoms with Gasteiger partial charge < -0.3 is 10.6 Å². The standard InChI is InChI=1S/C20H29N5S.HI/c1-3-21-20(23-11-7-18-6-4-5-10-22-18)24-14-16(2)25-12-8-19-17(15-25)9-13-26-19;/h4-6,9-10,13,16H,3,7-8,11-12,14-15H2,1-2H3,(H2,21,23,24);1H. The Kier molecular flexibility index (Phi) is 9.50. The number of hydrogen-bond acceptors (Lipinski definition) is 4. The van der Waals surface area contributed by atoms with Crippen LogP contribution in [0.2, 0.25) is 0 Å². The van der Waals surface area contributed by atoms with Crippen molar-refractivity contribution in [3.8, 4) is 0 Å². The third-order valence-corrected chi connectivity index (χ3v) is 5.74. The van der Waals surface area contributed by atoms with E-state index < -0.39 is 0 Å². The number of rotatable bonds is 7. The van der Waals surface area contributed by atoms with Gasteiger partial charge in [0.2, 0.25) is 0 Å². The van der Waals surface area contributed by atoms with E-state index in [4.69, 9.17) is 4.99 Å². The molecule has 2 aromatic heterocycles. The minimum Gasteiger partial charge on any atom is -0.357 e. The molecule has 7 heteroatoms. The monoisotopic (exact) mass is 499 g/mol. The molecule has 0 aromatic carbocycles. The smallest absolute Gasteiger partial charge is 0.191 e. The van der Waals surface area contributed by atoms with Crippen molar-refractivity contribution in [3.05, 3.63) is 52.0 Å². The fourth-order valence-electron chi connectivity index (χ4n) is 3.18. The average molecular weight is 499 g/mol. The van der Waals surface area contributed by atoms with Crippen LogP contribution in [0, 0.1) is 0 Å². The molecule has 2 aromatic rings. The Morgan fingerprint density at radius 2 is 2.22 bits per heavy atom. The summed E-state index contributed by atoms with van der Waals surface area (Å²) >= 11 is 1.89. The largest absolute Gasteiger partial charge is 0.357 e. The average Bonchev–Trinajstić information content (AvgIpc) is 3.14. The molecule has 0 saturated heterocycles. The number of guanidine groups is 1.